The molecule has 0 aliphatic carbocycles. The summed E-state index contributed by atoms with van der Waals surface area (Å²) >= 11 is -0.861. The highest BCUT2D eigenvalue weighted by atomic mass is 32.2. The first-order chi connectivity index (χ1) is 6.81. The smallest absolute Gasteiger partial charge is 0.157 e. The Morgan fingerprint density at radius 2 is 2.36 bits per heavy atom. The Hall–Kier alpha value is -0.710. The molecule has 0 bridgehead atoms. The lowest BCUT2D eigenvalue weighted by Gasteiger charge is -2.10. The molecule has 0 fully saturated rings. The molecule has 1 aromatic carbocycles. The summed E-state index contributed by atoms with van der Waals surface area (Å²) in [4.78, 5) is 0.941. The first-order valence-corrected chi connectivity index (χ1v) is 5.89. The number of hydrogen-bond acceptors (Lipinski definition) is 3. The standard InChI is InChI=1S/C10H13NO2S/c1-13-9-2-3-10-8(6-9)7-11-4-5-14(10)12/h2-3,6,11H,4-5,7H2,1H3. The maximum absolute atomic E-state index is 11.7. The average molecular weight is 211 g/mol. The van der Waals surface area contributed by atoms with Crippen molar-refractivity contribution in [3.8, 4) is 5.75 Å². The van der Waals surface area contributed by atoms with Crippen molar-refractivity contribution in [1.82, 2.24) is 5.32 Å². The van der Waals surface area contributed by atoms with Gasteiger partial charge >= 0.3 is 0 Å². The minimum absolute atomic E-state index is 0.694. The molecule has 1 aliphatic heterocycles. The van der Waals surface area contributed by atoms with Crippen LogP contribution in [0.3, 0.4) is 0 Å². The number of fused-ring (bicyclic) bond motifs is 1. The average Bonchev–Trinajstić information content (AvgIpc) is 2.40. The zero-order chi connectivity index (χ0) is 9.97. The molecule has 0 aromatic heterocycles. The van der Waals surface area contributed by atoms with Gasteiger partial charge in [0.05, 0.1) is 7.11 Å². The van der Waals surface area contributed by atoms with Crippen LogP contribution >= 0.6 is 0 Å². The zero-order valence-corrected chi connectivity index (χ0v) is 8.89. The Morgan fingerprint density at radius 3 is 3.14 bits per heavy atom. The second kappa shape index (κ2) is 4.21. The van der Waals surface area contributed by atoms with Gasteiger partial charge in [0.15, 0.2) is 4.90 Å². The number of benzene rings is 1. The maximum Gasteiger partial charge on any atom is 0.157 e. The van der Waals surface area contributed by atoms with Crippen molar-refractivity contribution in [1.29, 1.82) is 0 Å². The molecule has 1 atom stereocenters. The van der Waals surface area contributed by atoms with E-state index >= 15 is 0 Å². The summed E-state index contributed by atoms with van der Waals surface area (Å²) in [6.45, 7) is 1.59. The highest BCUT2D eigenvalue weighted by Crippen LogP contribution is 2.23. The molecule has 0 amide bonds. The van der Waals surface area contributed by atoms with Gasteiger partial charge in [0.2, 0.25) is 0 Å². The Balaban J connectivity index is 2.38. The van der Waals surface area contributed by atoms with Crippen molar-refractivity contribution in [2.24, 2.45) is 0 Å². The van der Waals surface area contributed by atoms with Crippen molar-refractivity contribution in [2.75, 3.05) is 19.4 Å². The van der Waals surface area contributed by atoms with Crippen molar-refractivity contribution >= 4 is 11.2 Å². The van der Waals surface area contributed by atoms with Gasteiger partial charge in [-0.1, -0.05) is 0 Å². The molecule has 1 N–H and O–H groups in total. The predicted octanol–water partition coefficient (Wildman–Crippen LogP) is 0.906. The highest BCUT2D eigenvalue weighted by Gasteiger charge is 2.19. The maximum atomic E-state index is 11.7. The van der Waals surface area contributed by atoms with Gasteiger partial charge in [-0.25, -0.2) is 0 Å². The molecule has 0 spiro atoms. The van der Waals surface area contributed by atoms with E-state index < -0.39 is 11.2 Å². The molecule has 1 unspecified atom stereocenters. The Kier molecular flexibility index (Phi) is 2.96. The summed E-state index contributed by atoms with van der Waals surface area (Å²) < 4.78 is 16.9. The fourth-order valence-electron chi connectivity index (χ4n) is 1.54. The largest absolute Gasteiger partial charge is 0.611 e. The lowest BCUT2D eigenvalue weighted by atomic mass is 10.2. The third-order valence-electron chi connectivity index (χ3n) is 2.29. The summed E-state index contributed by atoms with van der Waals surface area (Å²) in [5.74, 6) is 1.52. The molecular formula is C10H13NO2S. The van der Waals surface area contributed by atoms with Crippen molar-refractivity contribution in [3.05, 3.63) is 23.8 Å². The minimum Gasteiger partial charge on any atom is -0.611 e. The van der Waals surface area contributed by atoms with Crippen LogP contribution in [0.1, 0.15) is 5.56 Å². The van der Waals surface area contributed by atoms with E-state index in [0.717, 1.165) is 29.3 Å². The van der Waals surface area contributed by atoms with Gasteiger partial charge in [0.1, 0.15) is 11.5 Å². The lowest BCUT2D eigenvalue weighted by molar-refractivity contribution is 0.413. The normalized spacial score (nSPS) is 21.1. The first-order valence-electron chi connectivity index (χ1n) is 4.57. The minimum atomic E-state index is -0.861. The molecule has 3 nitrogen and oxygen atoms in total. The molecule has 2 rings (SSSR count). The van der Waals surface area contributed by atoms with Crippen LogP contribution in [0.4, 0.5) is 0 Å². The first kappa shape index (κ1) is 9.83. The van der Waals surface area contributed by atoms with E-state index in [0.29, 0.717) is 5.75 Å². The van der Waals surface area contributed by atoms with Gasteiger partial charge in [0.25, 0.3) is 0 Å². The fourth-order valence-corrected chi connectivity index (χ4v) is 2.73. The van der Waals surface area contributed by atoms with E-state index in [1.807, 2.05) is 18.2 Å². The van der Waals surface area contributed by atoms with Crippen LogP contribution in [0.2, 0.25) is 0 Å². The van der Waals surface area contributed by atoms with Crippen LogP contribution < -0.4 is 10.1 Å². The van der Waals surface area contributed by atoms with Gasteiger partial charge in [-0.2, -0.15) is 0 Å². The molecule has 1 heterocycles. The summed E-state index contributed by atoms with van der Waals surface area (Å²) in [5.41, 5.74) is 1.08. The summed E-state index contributed by atoms with van der Waals surface area (Å²) in [6.07, 6.45) is 0. The van der Waals surface area contributed by atoms with Crippen LogP contribution in [-0.4, -0.2) is 24.0 Å². The van der Waals surface area contributed by atoms with Gasteiger partial charge in [-0.3, -0.25) is 0 Å². The third kappa shape index (κ3) is 1.87. The Labute approximate surface area is 86.6 Å². The predicted molar refractivity (Wildman–Crippen MR) is 56.0 cm³/mol. The van der Waals surface area contributed by atoms with Crippen LogP contribution in [0.5, 0.6) is 5.75 Å². The van der Waals surface area contributed by atoms with E-state index in [-0.39, 0.29) is 0 Å². The van der Waals surface area contributed by atoms with Gasteiger partial charge in [-0.15, -0.1) is 0 Å². The number of hydrogen-bond donors (Lipinski definition) is 1. The van der Waals surface area contributed by atoms with Crippen LogP contribution in [0, 0.1) is 0 Å². The summed E-state index contributed by atoms with van der Waals surface area (Å²) in [7, 11) is 1.64. The molecular weight excluding hydrogens is 198 g/mol. The number of ether oxygens (including phenoxy) is 1. The van der Waals surface area contributed by atoms with E-state index in [2.05, 4.69) is 5.32 Å². The monoisotopic (exact) mass is 211 g/mol. The van der Waals surface area contributed by atoms with Crippen LogP contribution in [0.25, 0.3) is 0 Å². The molecule has 76 valence electrons. The van der Waals surface area contributed by atoms with Crippen molar-refractivity contribution < 1.29 is 9.29 Å². The SMILES string of the molecule is COc1ccc2c(c1)CNCC[S+]2[O-]. The van der Waals surface area contributed by atoms with Crippen molar-refractivity contribution in [2.45, 2.75) is 11.4 Å². The summed E-state index contributed by atoms with van der Waals surface area (Å²) in [5, 5.41) is 3.24. The molecule has 14 heavy (non-hydrogen) atoms. The molecule has 4 heteroatoms. The number of methoxy groups -OCH3 is 1. The van der Waals surface area contributed by atoms with E-state index in [4.69, 9.17) is 4.74 Å². The van der Waals surface area contributed by atoms with Crippen molar-refractivity contribution in [3.63, 3.8) is 0 Å². The van der Waals surface area contributed by atoms with Gasteiger partial charge < -0.3 is 14.6 Å². The van der Waals surface area contributed by atoms with Crippen LogP contribution in [0.15, 0.2) is 23.1 Å². The quantitative estimate of drug-likeness (QED) is 0.702. The molecule has 1 aromatic rings. The number of rotatable bonds is 1. The lowest BCUT2D eigenvalue weighted by Crippen LogP contribution is -2.17. The molecule has 0 radical (unpaired) electrons. The zero-order valence-electron chi connectivity index (χ0n) is 8.08. The summed E-state index contributed by atoms with van der Waals surface area (Å²) in [6, 6.07) is 5.71. The second-order valence-electron chi connectivity index (χ2n) is 3.20. The van der Waals surface area contributed by atoms with Gasteiger partial charge in [-0.05, 0) is 29.4 Å². The topological polar surface area (TPSA) is 44.3 Å². The Morgan fingerprint density at radius 1 is 1.50 bits per heavy atom. The fraction of sp³-hybridized carbons (Fsp3) is 0.400. The van der Waals surface area contributed by atoms with E-state index in [9.17, 15) is 4.55 Å². The molecule has 0 saturated carbocycles. The highest BCUT2D eigenvalue weighted by molar-refractivity contribution is 7.91. The molecule has 1 aliphatic rings. The van der Waals surface area contributed by atoms with Crippen LogP contribution in [-0.2, 0) is 17.7 Å². The van der Waals surface area contributed by atoms with E-state index in [1.165, 1.54) is 0 Å². The van der Waals surface area contributed by atoms with E-state index in [1.54, 1.807) is 7.11 Å². The number of nitrogens with one attached hydrogen (secondary N) is 1. The second-order valence-corrected chi connectivity index (χ2v) is 4.74. The van der Waals surface area contributed by atoms with Gasteiger partial charge in [0, 0.05) is 18.7 Å². The molecule has 0 saturated heterocycles. The third-order valence-corrected chi connectivity index (χ3v) is 3.76. The Bertz CT molecular complexity index is 330.